The van der Waals surface area contributed by atoms with Gasteiger partial charge in [-0.05, 0) is 38.0 Å². The lowest BCUT2D eigenvalue weighted by Crippen LogP contribution is -2.54. The molecule has 2 heterocycles. The Labute approximate surface area is 172 Å². The van der Waals surface area contributed by atoms with Gasteiger partial charge in [0.25, 0.3) is 0 Å². The molecular formula is C22H30N4O3. The van der Waals surface area contributed by atoms with Crippen LogP contribution in [0.5, 0.6) is 17.4 Å². The topological polar surface area (TPSA) is 67.8 Å². The Kier molecular flexibility index (Phi) is 6.90. The van der Waals surface area contributed by atoms with Crippen LogP contribution in [0.1, 0.15) is 38.7 Å². The van der Waals surface area contributed by atoms with Crippen molar-refractivity contribution in [3.63, 3.8) is 0 Å². The van der Waals surface area contributed by atoms with Gasteiger partial charge in [0.15, 0.2) is 11.5 Å². The largest absolute Gasteiger partial charge is 0.493 e. The maximum Gasteiger partial charge on any atom is 0.224 e. The summed E-state index contributed by atoms with van der Waals surface area (Å²) in [7, 11) is 1.62. The van der Waals surface area contributed by atoms with E-state index in [1.54, 1.807) is 7.11 Å². The first kappa shape index (κ1) is 20.9. The van der Waals surface area contributed by atoms with E-state index < -0.39 is 0 Å². The summed E-state index contributed by atoms with van der Waals surface area (Å²) in [5.41, 5.74) is 1.10. The molecule has 0 unspecified atom stereocenters. The summed E-state index contributed by atoms with van der Waals surface area (Å²) < 4.78 is 11.4. The molecule has 1 saturated heterocycles. The monoisotopic (exact) mass is 398 g/mol. The van der Waals surface area contributed by atoms with Gasteiger partial charge < -0.3 is 19.3 Å². The molecule has 29 heavy (non-hydrogen) atoms. The summed E-state index contributed by atoms with van der Waals surface area (Å²) in [4.78, 5) is 25.2. The highest BCUT2D eigenvalue weighted by atomic mass is 16.5. The van der Waals surface area contributed by atoms with Crippen LogP contribution in [-0.2, 0) is 4.79 Å². The second-order valence-electron chi connectivity index (χ2n) is 7.46. The lowest BCUT2D eigenvalue weighted by Gasteiger charge is -2.40. The summed E-state index contributed by atoms with van der Waals surface area (Å²) >= 11 is 0. The fourth-order valence-corrected chi connectivity index (χ4v) is 3.54. The average molecular weight is 399 g/mol. The molecule has 0 saturated carbocycles. The SMILES string of the molecule is CCCCC(=O)N1CCN(c2cc(Oc3ccc(C)cc3OC)ncn2)C[C@H]1C. The van der Waals surface area contributed by atoms with Gasteiger partial charge in [0.2, 0.25) is 11.8 Å². The zero-order valence-electron chi connectivity index (χ0n) is 17.7. The number of carbonyl (C=O) groups excluding carboxylic acids is 1. The molecule has 1 atom stereocenters. The van der Waals surface area contributed by atoms with E-state index >= 15 is 0 Å². The molecular weight excluding hydrogens is 368 g/mol. The molecule has 1 aromatic carbocycles. The Hall–Kier alpha value is -2.83. The molecule has 1 aliphatic heterocycles. The molecule has 1 amide bonds. The van der Waals surface area contributed by atoms with Crippen molar-refractivity contribution in [3.8, 4) is 17.4 Å². The first-order valence-corrected chi connectivity index (χ1v) is 10.2. The molecule has 0 N–H and O–H groups in total. The normalized spacial score (nSPS) is 16.6. The second kappa shape index (κ2) is 9.58. The van der Waals surface area contributed by atoms with E-state index in [1.165, 1.54) is 6.33 Å². The van der Waals surface area contributed by atoms with Crippen molar-refractivity contribution in [2.75, 3.05) is 31.6 Å². The molecule has 1 aromatic heterocycles. The first-order valence-electron chi connectivity index (χ1n) is 10.2. The lowest BCUT2D eigenvalue weighted by atomic mass is 10.1. The number of unbranched alkanes of at least 4 members (excludes halogenated alkanes) is 1. The van der Waals surface area contributed by atoms with Gasteiger partial charge >= 0.3 is 0 Å². The van der Waals surface area contributed by atoms with Crippen LogP contribution in [0, 0.1) is 6.92 Å². The Morgan fingerprint density at radius 2 is 2.03 bits per heavy atom. The Bertz CT molecular complexity index is 843. The summed E-state index contributed by atoms with van der Waals surface area (Å²) in [6.45, 7) is 8.38. The Morgan fingerprint density at radius 3 is 2.76 bits per heavy atom. The number of amides is 1. The van der Waals surface area contributed by atoms with Gasteiger partial charge in [-0.1, -0.05) is 19.4 Å². The quantitative estimate of drug-likeness (QED) is 0.706. The minimum Gasteiger partial charge on any atom is -0.493 e. The highest BCUT2D eigenvalue weighted by Crippen LogP contribution is 2.32. The van der Waals surface area contributed by atoms with E-state index in [2.05, 4.69) is 28.7 Å². The predicted molar refractivity (Wildman–Crippen MR) is 113 cm³/mol. The number of ether oxygens (including phenoxy) is 2. The Morgan fingerprint density at radius 1 is 1.21 bits per heavy atom. The van der Waals surface area contributed by atoms with Crippen molar-refractivity contribution < 1.29 is 14.3 Å². The standard InChI is InChI=1S/C22H30N4O3/c1-5-6-7-22(27)26-11-10-25(14-17(26)3)20-13-21(24-15-23-20)29-18-9-8-16(2)12-19(18)28-4/h8-9,12-13,15,17H,5-7,10-11,14H2,1-4H3/t17-/m1/s1. The van der Waals surface area contributed by atoms with E-state index in [1.807, 2.05) is 36.1 Å². The van der Waals surface area contributed by atoms with Gasteiger partial charge in [-0.25, -0.2) is 9.97 Å². The molecule has 7 nitrogen and oxygen atoms in total. The number of rotatable bonds is 7. The number of anilines is 1. The highest BCUT2D eigenvalue weighted by molar-refractivity contribution is 5.76. The third kappa shape index (κ3) is 5.16. The number of aromatic nitrogens is 2. The van der Waals surface area contributed by atoms with E-state index in [0.29, 0.717) is 30.3 Å². The Balaban J connectivity index is 1.68. The molecule has 0 radical (unpaired) electrons. The van der Waals surface area contributed by atoms with Gasteiger partial charge in [0.1, 0.15) is 12.1 Å². The molecule has 2 aromatic rings. The van der Waals surface area contributed by atoms with Crippen LogP contribution in [0.3, 0.4) is 0 Å². The number of piperazine rings is 1. The summed E-state index contributed by atoms with van der Waals surface area (Å²) in [6.07, 6.45) is 4.12. The summed E-state index contributed by atoms with van der Waals surface area (Å²) in [6, 6.07) is 7.74. The number of hydrogen-bond donors (Lipinski definition) is 0. The van der Waals surface area contributed by atoms with E-state index in [-0.39, 0.29) is 11.9 Å². The van der Waals surface area contributed by atoms with E-state index in [4.69, 9.17) is 9.47 Å². The molecule has 1 aliphatic rings. The molecule has 0 aliphatic carbocycles. The van der Waals surface area contributed by atoms with Crippen LogP contribution in [0.25, 0.3) is 0 Å². The number of benzene rings is 1. The van der Waals surface area contributed by atoms with Crippen LogP contribution in [-0.4, -0.2) is 53.6 Å². The summed E-state index contributed by atoms with van der Waals surface area (Å²) in [5.74, 6) is 2.79. The van der Waals surface area contributed by atoms with E-state index in [0.717, 1.165) is 37.3 Å². The second-order valence-corrected chi connectivity index (χ2v) is 7.46. The smallest absolute Gasteiger partial charge is 0.224 e. The number of methoxy groups -OCH3 is 1. The number of aryl methyl sites for hydroxylation is 1. The minimum absolute atomic E-state index is 0.143. The molecule has 156 valence electrons. The fraction of sp³-hybridized carbons (Fsp3) is 0.500. The predicted octanol–water partition coefficient (Wildman–Crippen LogP) is 3.81. The fourth-order valence-electron chi connectivity index (χ4n) is 3.54. The number of hydrogen-bond acceptors (Lipinski definition) is 6. The van der Waals surface area contributed by atoms with Crippen molar-refractivity contribution in [1.29, 1.82) is 0 Å². The third-order valence-corrected chi connectivity index (χ3v) is 5.18. The molecule has 3 rings (SSSR count). The minimum atomic E-state index is 0.143. The van der Waals surface area contributed by atoms with Crippen molar-refractivity contribution in [1.82, 2.24) is 14.9 Å². The summed E-state index contributed by atoms with van der Waals surface area (Å²) in [5, 5.41) is 0. The van der Waals surface area contributed by atoms with Crippen LogP contribution in [0.15, 0.2) is 30.6 Å². The van der Waals surface area contributed by atoms with Gasteiger partial charge in [-0.15, -0.1) is 0 Å². The zero-order valence-corrected chi connectivity index (χ0v) is 17.7. The lowest BCUT2D eigenvalue weighted by molar-refractivity contribution is -0.133. The molecule has 0 spiro atoms. The van der Waals surface area contributed by atoms with Gasteiger partial charge in [0.05, 0.1) is 7.11 Å². The van der Waals surface area contributed by atoms with Gasteiger partial charge in [-0.2, -0.15) is 0 Å². The first-order chi connectivity index (χ1) is 14.0. The maximum atomic E-state index is 12.4. The third-order valence-electron chi connectivity index (χ3n) is 5.18. The van der Waals surface area contributed by atoms with Crippen molar-refractivity contribution in [2.24, 2.45) is 0 Å². The zero-order chi connectivity index (χ0) is 20.8. The maximum absolute atomic E-state index is 12.4. The van der Waals surface area contributed by atoms with Gasteiger partial charge in [-0.3, -0.25) is 4.79 Å². The molecule has 1 fully saturated rings. The number of carbonyl (C=O) groups is 1. The average Bonchev–Trinajstić information content (AvgIpc) is 2.73. The van der Waals surface area contributed by atoms with Crippen LogP contribution >= 0.6 is 0 Å². The molecule has 7 heteroatoms. The van der Waals surface area contributed by atoms with Crippen molar-refractivity contribution >= 4 is 11.7 Å². The highest BCUT2D eigenvalue weighted by Gasteiger charge is 2.27. The van der Waals surface area contributed by atoms with Gasteiger partial charge in [0, 0.05) is 38.2 Å². The van der Waals surface area contributed by atoms with E-state index in [9.17, 15) is 4.79 Å². The van der Waals surface area contributed by atoms with Crippen LogP contribution in [0.4, 0.5) is 5.82 Å². The van der Waals surface area contributed by atoms with Crippen molar-refractivity contribution in [2.45, 2.75) is 46.1 Å². The number of nitrogens with zero attached hydrogens (tertiary/aromatic N) is 4. The molecule has 0 bridgehead atoms. The van der Waals surface area contributed by atoms with Crippen molar-refractivity contribution in [3.05, 3.63) is 36.2 Å². The van der Waals surface area contributed by atoms with Crippen LogP contribution in [0.2, 0.25) is 0 Å². The van der Waals surface area contributed by atoms with Crippen LogP contribution < -0.4 is 14.4 Å².